The first-order valence-electron chi connectivity index (χ1n) is 6.05. The van der Waals surface area contributed by atoms with Gasteiger partial charge in [-0.25, -0.2) is 0 Å². The molecule has 0 aliphatic carbocycles. The zero-order valence-electron chi connectivity index (χ0n) is 11.3. The molecular weight excluding hydrogens is 256 g/mol. The predicted molar refractivity (Wildman–Crippen MR) is 78.2 cm³/mol. The molecule has 1 amide bonds. The Morgan fingerprint density at radius 1 is 1.25 bits per heavy atom. The number of hydrogen-bond donors (Lipinski definition) is 3. The number of nitrogen functional groups attached to an aromatic ring is 1. The molecule has 2 rings (SSSR count). The minimum absolute atomic E-state index is 0.0189. The molecule has 0 saturated carbocycles. The molecule has 0 spiro atoms. The van der Waals surface area contributed by atoms with E-state index in [4.69, 9.17) is 10.5 Å². The molecule has 0 atom stereocenters. The molecule has 2 aromatic rings. The highest BCUT2D eigenvalue weighted by molar-refractivity contribution is 6.05. The lowest BCUT2D eigenvalue weighted by molar-refractivity contribution is 0.102. The highest BCUT2D eigenvalue weighted by atomic mass is 16.5. The summed E-state index contributed by atoms with van der Waals surface area (Å²) in [6, 6.07) is 9.75. The fourth-order valence-corrected chi connectivity index (χ4v) is 1.82. The number of ether oxygens (including phenoxy) is 1. The average Bonchev–Trinajstić information content (AvgIpc) is 2.42. The van der Waals surface area contributed by atoms with Gasteiger partial charge >= 0.3 is 0 Å². The van der Waals surface area contributed by atoms with E-state index in [-0.39, 0.29) is 11.7 Å². The Kier molecular flexibility index (Phi) is 3.79. The maximum atomic E-state index is 12.1. The zero-order chi connectivity index (χ0) is 14.7. The molecule has 0 fully saturated rings. The molecule has 5 nitrogen and oxygen atoms in total. The summed E-state index contributed by atoms with van der Waals surface area (Å²) in [5.41, 5.74) is 7.84. The van der Waals surface area contributed by atoms with Crippen molar-refractivity contribution >= 4 is 17.3 Å². The Labute approximate surface area is 117 Å². The van der Waals surface area contributed by atoms with Crippen LogP contribution in [-0.2, 0) is 0 Å². The number of anilines is 2. The Balaban J connectivity index is 2.24. The minimum Gasteiger partial charge on any atom is -0.506 e. The number of rotatable bonds is 3. The second kappa shape index (κ2) is 5.52. The molecule has 104 valence electrons. The van der Waals surface area contributed by atoms with Crippen LogP contribution < -0.4 is 15.8 Å². The fourth-order valence-electron chi connectivity index (χ4n) is 1.82. The first-order valence-corrected chi connectivity index (χ1v) is 6.05. The monoisotopic (exact) mass is 272 g/mol. The highest BCUT2D eigenvalue weighted by Gasteiger charge is 2.11. The Bertz CT molecular complexity index is 654. The fraction of sp³-hybridized carbons (Fsp3) is 0.133. The summed E-state index contributed by atoms with van der Waals surface area (Å²) >= 11 is 0. The van der Waals surface area contributed by atoms with Crippen LogP contribution in [0.3, 0.4) is 0 Å². The van der Waals surface area contributed by atoms with Crippen LogP contribution in [0.2, 0.25) is 0 Å². The van der Waals surface area contributed by atoms with Crippen LogP contribution in [0.5, 0.6) is 11.5 Å². The molecule has 20 heavy (non-hydrogen) atoms. The molecule has 0 radical (unpaired) electrons. The van der Waals surface area contributed by atoms with E-state index in [0.29, 0.717) is 22.7 Å². The third-order valence-corrected chi connectivity index (χ3v) is 2.89. The summed E-state index contributed by atoms with van der Waals surface area (Å²) in [6.07, 6.45) is 0. The quantitative estimate of drug-likeness (QED) is 0.592. The van der Waals surface area contributed by atoms with E-state index in [9.17, 15) is 9.90 Å². The van der Waals surface area contributed by atoms with Crippen LogP contribution in [0, 0.1) is 6.92 Å². The summed E-state index contributed by atoms with van der Waals surface area (Å²) in [5, 5.41) is 12.4. The molecule has 2 aromatic carbocycles. The van der Waals surface area contributed by atoms with Crippen molar-refractivity contribution in [2.45, 2.75) is 6.92 Å². The maximum absolute atomic E-state index is 12.1. The number of carbonyl (C=O) groups excluding carboxylic acids is 1. The molecule has 0 bridgehead atoms. The Hall–Kier alpha value is -2.69. The van der Waals surface area contributed by atoms with E-state index in [2.05, 4.69) is 5.32 Å². The lowest BCUT2D eigenvalue weighted by atomic mass is 10.1. The zero-order valence-corrected chi connectivity index (χ0v) is 11.3. The lowest BCUT2D eigenvalue weighted by Crippen LogP contribution is -2.12. The topological polar surface area (TPSA) is 84.6 Å². The van der Waals surface area contributed by atoms with Gasteiger partial charge in [0.05, 0.1) is 18.5 Å². The molecular formula is C15H16N2O3. The largest absolute Gasteiger partial charge is 0.506 e. The molecule has 4 N–H and O–H groups in total. The maximum Gasteiger partial charge on any atom is 0.255 e. The van der Waals surface area contributed by atoms with Crippen molar-refractivity contribution in [3.8, 4) is 11.5 Å². The lowest BCUT2D eigenvalue weighted by Gasteiger charge is -2.10. The summed E-state index contributed by atoms with van der Waals surface area (Å²) in [5.74, 6) is 0.186. The SMILES string of the molecule is COc1ccc(C(=O)Nc2cc(C)ccc2O)cc1N. The number of phenolic OH excluding ortho intramolecular Hbond substituents is 1. The van der Waals surface area contributed by atoms with Crippen molar-refractivity contribution in [1.29, 1.82) is 0 Å². The number of hydrogen-bond acceptors (Lipinski definition) is 4. The number of phenols is 1. The highest BCUT2D eigenvalue weighted by Crippen LogP contribution is 2.26. The van der Waals surface area contributed by atoms with Crippen molar-refractivity contribution in [3.05, 3.63) is 47.5 Å². The van der Waals surface area contributed by atoms with Gasteiger partial charge in [0, 0.05) is 5.56 Å². The van der Waals surface area contributed by atoms with Crippen molar-refractivity contribution < 1.29 is 14.6 Å². The Morgan fingerprint density at radius 3 is 2.65 bits per heavy atom. The number of methoxy groups -OCH3 is 1. The van der Waals surface area contributed by atoms with Crippen molar-refractivity contribution in [3.63, 3.8) is 0 Å². The van der Waals surface area contributed by atoms with Gasteiger partial charge in [-0.3, -0.25) is 4.79 Å². The number of amides is 1. The molecule has 0 unspecified atom stereocenters. The smallest absolute Gasteiger partial charge is 0.255 e. The van der Waals surface area contributed by atoms with E-state index in [1.54, 1.807) is 24.3 Å². The molecule has 0 aliphatic heterocycles. The van der Waals surface area contributed by atoms with Crippen LogP contribution in [-0.4, -0.2) is 18.1 Å². The molecule has 0 aromatic heterocycles. The number of aryl methyl sites for hydroxylation is 1. The van der Waals surface area contributed by atoms with E-state index >= 15 is 0 Å². The normalized spacial score (nSPS) is 10.1. The summed E-state index contributed by atoms with van der Waals surface area (Å²) in [6.45, 7) is 1.88. The molecule has 0 saturated heterocycles. The van der Waals surface area contributed by atoms with Crippen LogP contribution in [0.1, 0.15) is 15.9 Å². The predicted octanol–water partition coefficient (Wildman–Crippen LogP) is 2.54. The minimum atomic E-state index is -0.347. The Morgan fingerprint density at radius 2 is 2.00 bits per heavy atom. The van der Waals surface area contributed by atoms with Crippen LogP contribution >= 0.6 is 0 Å². The van der Waals surface area contributed by atoms with Gasteiger partial charge in [-0.2, -0.15) is 0 Å². The van der Waals surface area contributed by atoms with Gasteiger partial charge < -0.3 is 20.9 Å². The molecule has 0 aliphatic rings. The van der Waals surface area contributed by atoms with E-state index < -0.39 is 0 Å². The van der Waals surface area contributed by atoms with Crippen molar-refractivity contribution in [2.24, 2.45) is 0 Å². The molecule has 0 heterocycles. The van der Waals surface area contributed by atoms with Gasteiger partial charge in [0.15, 0.2) is 0 Å². The summed E-state index contributed by atoms with van der Waals surface area (Å²) in [7, 11) is 1.51. The average molecular weight is 272 g/mol. The first-order chi connectivity index (χ1) is 9.51. The van der Waals surface area contributed by atoms with Gasteiger partial charge in [-0.1, -0.05) is 6.07 Å². The van der Waals surface area contributed by atoms with Crippen molar-refractivity contribution in [2.75, 3.05) is 18.2 Å². The van der Waals surface area contributed by atoms with E-state index in [0.717, 1.165) is 5.56 Å². The number of benzene rings is 2. The number of carbonyl (C=O) groups is 1. The third kappa shape index (κ3) is 2.83. The van der Waals surface area contributed by atoms with Crippen LogP contribution in [0.25, 0.3) is 0 Å². The van der Waals surface area contributed by atoms with Gasteiger partial charge in [0.2, 0.25) is 0 Å². The number of nitrogens with one attached hydrogen (secondary N) is 1. The second-order valence-electron chi connectivity index (χ2n) is 4.43. The second-order valence-corrected chi connectivity index (χ2v) is 4.43. The van der Waals surface area contributed by atoms with E-state index in [1.807, 2.05) is 6.92 Å². The third-order valence-electron chi connectivity index (χ3n) is 2.89. The van der Waals surface area contributed by atoms with Crippen LogP contribution in [0.15, 0.2) is 36.4 Å². The summed E-state index contributed by atoms with van der Waals surface area (Å²) in [4.78, 5) is 12.1. The number of aromatic hydroxyl groups is 1. The van der Waals surface area contributed by atoms with Gasteiger partial charge in [0.1, 0.15) is 11.5 Å². The number of nitrogens with two attached hydrogens (primary N) is 1. The van der Waals surface area contributed by atoms with Gasteiger partial charge in [-0.15, -0.1) is 0 Å². The summed E-state index contributed by atoms with van der Waals surface area (Å²) < 4.78 is 5.04. The molecule has 5 heteroatoms. The standard InChI is InChI=1S/C15H16N2O3/c1-9-3-5-13(18)12(7-9)17-15(19)10-4-6-14(20-2)11(16)8-10/h3-8,18H,16H2,1-2H3,(H,17,19). The first kappa shape index (κ1) is 13.7. The van der Waals surface area contributed by atoms with Gasteiger partial charge in [0.25, 0.3) is 5.91 Å². The van der Waals surface area contributed by atoms with Crippen LogP contribution in [0.4, 0.5) is 11.4 Å². The van der Waals surface area contributed by atoms with Gasteiger partial charge in [-0.05, 0) is 42.8 Å². The van der Waals surface area contributed by atoms with E-state index in [1.165, 1.54) is 19.2 Å². The van der Waals surface area contributed by atoms with Crippen molar-refractivity contribution in [1.82, 2.24) is 0 Å².